The Morgan fingerprint density at radius 2 is 2.00 bits per heavy atom. The van der Waals surface area contributed by atoms with Crippen LogP contribution in [-0.2, 0) is 14.3 Å². The summed E-state index contributed by atoms with van der Waals surface area (Å²) in [5.41, 5.74) is -0.938. The second-order valence-corrected chi connectivity index (χ2v) is 5.01. The summed E-state index contributed by atoms with van der Waals surface area (Å²) in [7, 11) is 0. The topological polar surface area (TPSA) is 75.6 Å². The second-order valence-electron chi connectivity index (χ2n) is 5.01. The number of carbonyl (C=O) groups is 2. The molecular formula is C13H23NO4. The summed E-state index contributed by atoms with van der Waals surface area (Å²) in [5, 5.41) is 12.2. The molecule has 0 spiro atoms. The summed E-state index contributed by atoms with van der Waals surface area (Å²) in [5.74, 6) is -1.08. The van der Waals surface area contributed by atoms with Gasteiger partial charge in [0.2, 0.25) is 5.91 Å². The first-order valence-electron chi connectivity index (χ1n) is 6.59. The number of carbonyl (C=O) groups excluding carboxylic acids is 1. The molecule has 0 aromatic carbocycles. The van der Waals surface area contributed by atoms with Crippen LogP contribution in [0.25, 0.3) is 0 Å². The smallest absolute Gasteiger partial charge is 0.310 e. The first-order valence-corrected chi connectivity index (χ1v) is 6.59. The highest BCUT2D eigenvalue weighted by Gasteiger charge is 2.38. The minimum absolute atomic E-state index is 0.0106. The monoisotopic (exact) mass is 257 g/mol. The van der Waals surface area contributed by atoms with Crippen LogP contribution in [0.2, 0.25) is 0 Å². The minimum Gasteiger partial charge on any atom is -0.481 e. The van der Waals surface area contributed by atoms with Crippen LogP contribution in [0.4, 0.5) is 0 Å². The number of hydrogen-bond acceptors (Lipinski definition) is 3. The summed E-state index contributed by atoms with van der Waals surface area (Å²) >= 11 is 0. The Morgan fingerprint density at radius 3 is 2.39 bits per heavy atom. The van der Waals surface area contributed by atoms with Gasteiger partial charge in [-0.25, -0.2) is 0 Å². The van der Waals surface area contributed by atoms with E-state index >= 15 is 0 Å². The normalized spacial score (nSPS) is 23.9. The number of ether oxygens (including phenoxy) is 1. The van der Waals surface area contributed by atoms with Crippen LogP contribution in [0, 0.1) is 5.41 Å². The fourth-order valence-corrected chi connectivity index (χ4v) is 2.36. The third-order valence-corrected chi connectivity index (χ3v) is 4.03. The van der Waals surface area contributed by atoms with Gasteiger partial charge in [-0.1, -0.05) is 13.8 Å². The first-order chi connectivity index (χ1) is 8.45. The summed E-state index contributed by atoms with van der Waals surface area (Å²) in [4.78, 5) is 23.3. The van der Waals surface area contributed by atoms with Crippen molar-refractivity contribution >= 4 is 11.9 Å². The predicted octanol–water partition coefficient (Wildman–Crippen LogP) is 1.56. The fraction of sp³-hybridized carbons (Fsp3) is 0.846. The predicted molar refractivity (Wildman–Crippen MR) is 67.2 cm³/mol. The van der Waals surface area contributed by atoms with E-state index in [2.05, 4.69) is 5.32 Å². The molecule has 0 aliphatic carbocycles. The van der Waals surface area contributed by atoms with E-state index in [1.807, 2.05) is 20.8 Å². The standard InChI is InChI=1S/C13H23NO4/c1-4-13(5-2,12(16)17)8-11(15)14-10-6-7-18-9(10)3/h9-10H,4-8H2,1-3H3,(H,14,15)(H,16,17). The quantitative estimate of drug-likeness (QED) is 0.757. The zero-order chi connectivity index (χ0) is 13.8. The maximum Gasteiger partial charge on any atom is 0.310 e. The number of hydrogen-bond donors (Lipinski definition) is 2. The molecule has 5 nitrogen and oxygen atoms in total. The van der Waals surface area contributed by atoms with Crippen LogP contribution in [0.5, 0.6) is 0 Å². The number of carboxylic acids is 1. The molecule has 1 heterocycles. The molecule has 0 saturated carbocycles. The van der Waals surface area contributed by atoms with Crippen LogP contribution in [0.3, 0.4) is 0 Å². The molecule has 1 fully saturated rings. The average Bonchev–Trinajstić information content (AvgIpc) is 2.71. The zero-order valence-electron chi connectivity index (χ0n) is 11.4. The van der Waals surface area contributed by atoms with Crippen molar-refractivity contribution in [1.29, 1.82) is 0 Å². The lowest BCUT2D eigenvalue weighted by Gasteiger charge is -2.27. The molecular weight excluding hydrogens is 234 g/mol. The number of rotatable bonds is 6. The Morgan fingerprint density at radius 1 is 1.39 bits per heavy atom. The Hall–Kier alpha value is -1.10. The van der Waals surface area contributed by atoms with Crippen LogP contribution < -0.4 is 5.32 Å². The van der Waals surface area contributed by atoms with Crippen LogP contribution in [0.1, 0.15) is 46.5 Å². The van der Waals surface area contributed by atoms with E-state index in [1.54, 1.807) is 0 Å². The molecule has 0 bridgehead atoms. The lowest BCUT2D eigenvalue weighted by molar-refractivity contribution is -0.152. The molecule has 1 aliphatic rings. The van der Waals surface area contributed by atoms with Gasteiger partial charge in [-0.2, -0.15) is 0 Å². The fourth-order valence-electron chi connectivity index (χ4n) is 2.36. The average molecular weight is 257 g/mol. The van der Waals surface area contributed by atoms with Gasteiger partial charge in [0.15, 0.2) is 0 Å². The van der Waals surface area contributed by atoms with Crippen molar-refractivity contribution in [2.75, 3.05) is 6.61 Å². The molecule has 1 rings (SSSR count). The number of carboxylic acid groups (broad SMARTS) is 1. The van der Waals surface area contributed by atoms with E-state index in [0.29, 0.717) is 19.4 Å². The van der Waals surface area contributed by atoms with E-state index in [1.165, 1.54) is 0 Å². The lowest BCUT2D eigenvalue weighted by Crippen LogP contribution is -2.43. The van der Waals surface area contributed by atoms with E-state index in [4.69, 9.17) is 4.74 Å². The molecule has 1 aliphatic heterocycles. The van der Waals surface area contributed by atoms with Gasteiger partial charge in [0.05, 0.1) is 17.6 Å². The maximum absolute atomic E-state index is 12.0. The molecule has 1 saturated heterocycles. The maximum atomic E-state index is 12.0. The van der Waals surface area contributed by atoms with Crippen molar-refractivity contribution < 1.29 is 19.4 Å². The van der Waals surface area contributed by atoms with Gasteiger partial charge in [0.1, 0.15) is 0 Å². The Labute approximate surface area is 108 Å². The molecule has 2 atom stereocenters. The van der Waals surface area contributed by atoms with Crippen molar-refractivity contribution in [3.05, 3.63) is 0 Å². The van der Waals surface area contributed by atoms with Crippen LogP contribution in [-0.4, -0.2) is 35.7 Å². The lowest BCUT2D eigenvalue weighted by atomic mass is 9.79. The molecule has 0 aromatic heterocycles. The first kappa shape index (κ1) is 15.0. The Bertz CT molecular complexity index is 312. The van der Waals surface area contributed by atoms with E-state index in [0.717, 1.165) is 6.42 Å². The summed E-state index contributed by atoms with van der Waals surface area (Å²) < 4.78 is 5.37. The van der Waals surface area contributed by atoms with Crippen molar-refractivity contribution in [1.82, 2.24) is 5.32 Å². The van der Waals surface area contributed by atoms with Gasteiger partial charge in [-0.05, 0) is 26.2 Å². The molecule has 5 heteroatoms. The highest BCUT2D eigenvalue weighted by molar-refractivity contribution is 5.85. The Balaban J connectivity index is 2.59. The zero-order valence-corrected chi connectivity index (χ0v) is 11.4. The highest BCUT2D eigenvalue weighted by Crippen LogP contribution is 2.31. The largest absolute Gasteiger partial charge is 0.481 e. The SMILES string of the molecule is CCC(CC)(CC(=O)NC1CCOC1C)C(=O)O. The van der Waals surface area contributed by atoms with Gasteiger partial charge >= 0.3 is 5.97 Å². The van der Waals surface area contributed by atoms with Gasteiger partial charge in [-0.15, -0.1) is 0 Å². The molecule has 104 valence electrons. The molecule has 0 aromatic rings. The summed E-state index contributed by atoms with van der Waals surface area (Å²) in [6, 6.07) is 0.0118. The number of nitrogens with one attached hydrogen (secondary N) is 1. The second kappa shape index (κ2) is 6.18. The van der Waals surface area contributed by atoms with Crippen LogP contribution >= 0.6 is 0 Å². The van der Waals surface area contributed by atoms with Gasteiger partial charge < -0.3 is 15.2 Å². The molecule has 1 amide bonds. The summed E-state index contributed by atoms with van der Waals surface area (Å²) in [6.07, 6.45) is 1.77. The Kier molecular flexibility index (Phi) is 5.14. The van der Waals surface area contributed by atoms with Crippen molar-refractivity contribution in [3.8, 4) is 0 Å². The molecule has 18 heavy (non-hydrogen) atoms. The van der Waals surface area contributed by atoms with E-state index in [9.17, 15) is 14.7 Å². The third kappa shape index (κ3) is 3.22. The minimum atomic E-state index is -0.938. The molecule has 2 unspecified atom stereocenters. The highest BCUT2D eigenvalue weighted by atomic mass is 16.5. The third-order valence-electron chi connectivity index (χ3n) is 4.03. The van der Waals surface area contributed by atoms with E-state index < -0.39 is 11.4 Å². The number of amides is 1. The van der Waals surface area contributed by atoms with Crippen molar-refractivity contribution in [2.24, 2.45) is 5.41 Å². The van der Waals surface area contributed by atoms with Gasteiger partial charge in [-0.3, -0.25) is 9.59 Å². The number of aliphatic carboxylic acids is 1. The van der Waals surface area contributed by atoms with Crippen molar-refractivity contribution in [3.63, 3.8) is 0 Å². The van der Waals surface area contributed by atoms with Gasteiger partial charge in [0.25, 0.3) is 0 Å². The summed E-state index contributed by atoms with van der Waals surface area (Å²) in [6.45, 7) is 6.19. The van der Waals surface area contributed by atoms with Crippen LogP contribution in [0.15, 0.2) is 0 Å². The molecule has 0 radical (unpaired) electrons. The van der Waals surface area contributed by atoms with E-state index in [-0.39, 0.29) is 24.5 Å². The van der Waals surface area contributed by atoms with Gasteiger partial charge in [0, 0.05) is 13.0 Å². The van der Waals surface area contributed by atoms with Crippen molar-refractivity contribution in [2.45, 2.75) is 58.6 Å². The molecule has 2 N–H and O–H groups in total.